The molecule has 4 nitrogen and oxygen atoms in total. The third-order valence-corrected chi connectivity index (χ3v) is 1.95. The van der Waals surface area contributed by atoms with Crippen LogP contribution in [0.2, 0.25) is 0 Å². The summed E-state index contributed by atoms with van der Waals surface area (Å²) >= 11 is 1.13. The molecule has 0 saturated carbocycles. The lowest BCUT2D eigenvalue weighted by atomic mass is 10.3. The van der Waals surface area contributed by atoms with Gasteiger partial charge in [0, 0.05) is 11.5 Å². The van der Waals surface area contributed by atoms with E-state index in [0.29, 0.717) is 10.9 Å². The van der Waals surface area contributed by atoms with Crippen molar-refractivity contribution in [3.05, 3.63) is 30.6 Å². The van der Waals surface area contributed by atoms with Gasteiger partial charge < -0.3 is 9.84 Å². The number of phenolic OH excluding ortho intramolecular Hbond substituents is 1. The molecule has 0 aliphatic rings. The van der Waals surface area contributed by atoms with Crippen molar-refractivity contribution in [1.82, 2.24) is 9.36 Å². The van der Waals surface area contributed by atoms with Gasteiger partial charge in [-0.2, -0.15) is 9.36 Å². The normalized spacial score (nSPS) is 9.85. The molecule has 2 aromatic rings. The molecule has 0 spiro atoms. The monoisotopic (exact) mass is 194 g/mol. The van der Waals surface area contributed by atoms with Gasteiger partial charge in [-0.3, -0.25) is 0 Å². The van der Waals surface area contributed by atoms with Crippen molar-refractivity contribution in [1.29, 1.82) is 0 Å². The average molecular weight is 194 g/mol. The quantitative estimate of drug-likeness (QED) is 0.794. The minimum atomic E-state index is 0.0951. The topological polar surface area (TPSA) is 55.2 Å². The van der Waals surface area contributed by atoms with Crippen molar-refractivity contribution >= 4 is 11.5 Å². The van der Waals surface area contributed by atoms with E-state index in [1.54, 1.807) is 24.3 Å². The summed E-state index contributed by atoms with van der Waals surface area (Å²) in [4.78, 5) is 3.83. The van der Waals surface area contributed by atoms with Gasteiger partial charge in [0.15, 0.2) is 11.5 Å². The zero-order valence-corrected chi connectivity index (χ0v) is 7.36. The molecule has 1 aromatic carbocycles. The van der Waals surface area contributed by atoms with Crippen LogP contribution >= 0.6 is 11.5 Å². The molecule has 0 bridgehead atoms. The van der Waals surface area contributed by atoms with Gasteiger partial charge in [-0.1, -0.05) is 12.1 Å². The third-order valence-electron chi connectivity index (χ3n) is 1.40. The lowest BCUT2D eigenvalue weighted by Crippen LogP contribution is -1.82. The van der Waals surface area contributed by atoms with Crippen LogP contribution in [0.15, 0.2) is 30.6 Å². The zero-order valence-electron chi connectivity index (χ0n) is 6.54. The van der Waals surface area contributed by atoms with Gasteiger partial charge in [0.2, 0.25) is 0 Å². The lowest BCUT2D eigenvalue weighted by Gasteiger charge is -2.01. The molecule has 0 atom stereocenters. The molecule has 0 radical (unpaired) electrons. The van der Waals surface area contributed by atoms with E-state index >= 15 is 0 Å². The summed E-state index contributed by atoms with van der Waals surface area (Å²) in [5, 5.41) is 9.76. The molecular weight excluding hydrogens is 188 g/mol. The zero-order chi connectivity index (χ0) is 9.10. The number of para-hydroxylation sites is 2. The summed E-state index contributed by atoms with van der Waals surface area (Å²) < 4.78 is 9.02. The van der Waals surface area contributed by atoms with Crippen LogP contribution in [-0.2, 0) is 0 Å². The fourth-order valence-electron chi connectivity index (χ4n) is 0.845. The number of phenols is 1. The number of hydrogen-bond donors (Lipinski definition) is 1. The Morgan fingerprint density at radius 1 is 1.31 bits per heavy atom. The van der Waals surface area contributed by atoms with Gasteiger partial charge in [-0.05, 0) is 12.1 Å². The predicted molar refractivity (Wildman–Crippen MR) is 48.1 cm³/mol. The van der Waals surface area contributed by atoms with Crippen molar-refractivity contribution in [3.8, 4) is 16.7 Å². The smallest absolute Gasteiger partial charge is 0.298 e. The molecular formula is C8H6N2O2S. The summed E-state index contributed by atoms with van der Waals surface area (Å²) in [6, 6.07) is 6.71. The largest absolute Gasteiger partial charge is 0.504 e. The fraction of sp³-hybridized carbons (Fsp3) is 0. The molecule has 1 N–H and O–H groups in total. The Hall–Kier alpha value is -1.62. The number of benzene rings is 1. The standard InChI is InChI=1S/C8H6N2O2S/c11-6-3-1-2-4-7(6)12-8-9-5-10-13-8/h1-5,11H. The van der Waals surface area contributed by atoms with Gasteiger partial charge >= 0.3 is 0 Å². The first kappa shape index (κ1) is 8.00. The lowest BCUT2D eigenvalue weighted by molar-refractivity contribution is 0.410. The number of aromatic hydroxyl groups is 1. The van der Waals surface area contributed by atoms with Crippen molar-refractivity contribution in [2.24, 2.45) is 0 Å². The van der Waals surface area contributed by atoms with E-state index in [1.165, 1.54) is 6.33 Å². The van der Waals surface area contributed by atoms with Crippen molar-refractivity contribution < 1.29 is 9.84 Å². The van der Waals surface area contributed by atoms with Crippen LogP contribution in [0, 0.1) is 0 Å². The van der Waals surface area contributed by atoms with E-state index in [2.05, 4.69) is 9.36 Å². The summed E-state index contributed by atoms with van der Waals surface area (Å²) in [6.07, 6.45) is 1.40. The van der Waals surface area contributed by atoms with Crippen LogP contribution < -0.4 is 4.74 Å². The maximum atomic E-state index is 9.34. The Balaban J connectivity index is 2.24. The van der Waals surface area contributed by atoms with Gasteiger partial charge in [0.05, 0.1) is 0 Å². The molecule has 66 valence electrons. The molecule has 2 rings (SSSR count). The molecule has 5 heteroatoms. The Kier molecular flexibility index (Phi) is 2.09. The Morgan fingerprint density at radius 3 is 2.85 bits per heavy atom. The first-order valence-corrected chi connectivity index (χ1v) is 4.36. The summed E-state index contributed by atoms with van der Waals surface area (Å²) in [7, 11) is 0. The minimum absolute atomic E-state index is 0.0951. The maximum absolute atomic E-state index is 9.34. The molecule has 13 heavy (non-hydrogen) atoms. The van der Waals surface area contributed by atoms with Gasteiger partial charge in [-0.15, -0.1) is 0 Å². The van der Waals surface area contributed by atoms with E-state index in [-0.39, 0.29) is 5.75 Å². The van der Waals surface area contributed by atoms with Gasteiger partial charge in [-0.25, -0.2) is 0 Å². The molecule has 0 fully saturated rings. The number of ether oxygens (including phenoxy) is 1. The van der Waals surface area contributed by atoms with Gasteiger partial charge in [0.1, 0.15) is 6.33 Å². The first-order valence-electron chi connectivity index (χ1n) is 3.59. The Labute approximate surface area is 78.6 Å². The Morgan fingerprint density at radius 2 is 2.15 bits per heavy atom. The van der Waals surface area contributed by atoms with E-state index in [0.717, 1.165) is 11.5 Å². The van der Waals surface area contributed by atoms with Crippen LogP contribution in [0.4, 0.5) is 0 Å². The predicted octanol–water partition coefficient (Wildman–Crippen LogP) is 2.04. The number of nitrogens with zero attached hydrogens (tertiary/aromatic N) is 2. The molecule has 0 aliphatic heterocycles. The van der Waals surface area contributed by atoms with E-state index in [1.807, 2.05) is 0 Å². The summed E-state index contributed by atoms with van der Waals surface area (Å²) in [6.45, 7) is 0. The van der Waals surface area contributed by atoms with Crippen molar-refractivity contribution in [3.63, 3.8) is 0 Å². The second-order valence-electron chi connectivity index (χ2n) is 2.28. The highest BCUT2D eigenvalue weighted by Gasteiger charge is 2.03. The highest BCUT2D eigenvalue weighted by Crippen LogP contribution is 2.29. The summed E-state index contributed by atoms with van der Waals surface area (Å²) in [5.41, 5.74) is 0. The third kappa shape index (κ3) is 1.75. The van der Waals surface area contributed by atoms with Crippen LogP contribution in [0.1, 0.15) is 0 Å². The highest BCUT2D eigenvalue weighted by atomic mass is 32.1. The average Bonchev–Trinajstić information content (AvgIpc) is 2.61. The van der Waals surface area contributed by atoms with Crippen LogP contribution in [0.5, 0.6) is 16.7 Å². The van der Waals surface area contributed by atoms with Crippen LogP contribution in [-0.4, -0.2) is 14.5 Å². The van der Waals surface area contributed by atoms with Crippen molar-refractivity contribution in [2.45, 2.75) is 0 Å². The fourth-order valence-corrected chi connectivity index (χ4v) is 1.25. The molecule has 0 aliphatic carbocycles. The maximum Gasteiger partial charge on any atom is 0.298 e. The van der Waals surface area contributed by atoms with E-state index in [9.17, 15) is 5.11 Å². The van der Waals surface area contributed by atoms with Crippen molar-refractivity contribution in [2.75, 3.05) is 0 Å². The van der Waals surface area contributed by atoms with Crippen LogP contribution in [0.3, 0.4) is 0 Å². The minimum Gasteiger partial charge on any atom is -0.504 e. The molecule has 0 saturated heterocycles. The summed E-state index contributed by atoms with van der Waals surface area (Å²) in [5.74, 6) is 0.483. The second-order valence-corrected chi connectivity index (χ2v) is 3.02. The first-order chi connectivity index (χ1) is 6.36. The van der Waals surface area contributed by atoms with E-state index in [4.69, 9.17) is 4.74 Å². The van der Waals surface area contributed by atoms with E-state index < -0.39 is 0 Å². The number of rotatable bonds is 2. The molecule has 1 heterocycles. The Bertz CT molecular complexity index is 389. The number of aromatic nitrogens is 2. The van der Waals surface area contributed by atoms with Crippen LogP contribution in [0.25, 0.3) is 0 Å². The van der Waals surface area contributed by atoms with Gasteiger partial charge in [0.25, 0.3) is 5.19 Å². The highest BCUT2D eigenvalue weighted by molar-refractivity contribution is 7.07. The molecule has 0 unspecified atom stereocenters. The number of hydrogen-bond acceptors (Lipinski definition) is 5. The second kappa shape index (κ2) is 3.40. The molecule has 0 amide bonds. The molecule has 1 aromatic heterocycles. The SMILES string of the molecule is Oc1ccccc1Oc1ncns1.